The van der Waals surface area contributed by atoms with Crippen LogP contribution in [0.2, 0.25) is 0 Å². The number of carbonyl (C=O) groups excluding carboxylic acids is 2. The third-order valence-corrected chi connectivity index (χ3v) is 3.18. The number of amides is 2. The van der Waals surface area contributed by atoms with Crippen LogP contribution in [0.3, 0.4) is 0 Å². The van der Waals surface area contributed by atoms with E-state index in [1.807, 2.05) is 18.2 Å². The van der Waals surface area contributed by atoms with E-state index in [9.17, 15) is 9.59 Å². The molecular weight excluding hydrogens is 254 g/mol. The first-order chi connectivity index (χ1) is 9.38. The monoisotopic (exact) mass is 273 g/mol. The standard InChI is InChI=1S/C16H19NO3/c1-16(2,3)12-5-4-6-13(11-12)20-10-9-17-14(18)7-8-15(17)19/h4-8,11H,9-10H2,1-3H3. The van der Waals surface area contributed by atoms with Crippen molar-refractivity contribution in [3.05, 3.63) is 42.0 Å². The van der Waals surface area contributed by atoms with E-state index in [-0.39, 0.29) is 23.8 Å². The van der Waals surface area contributed by atoms with E-state index in [4.69, 9.17) is 4.74 Å². The van der Waals surface area contributed by atoms with E-state index in [1.54, 1.807) is 0 Å². The Hall–Kier alpha value is -2.10. The highest BCUT2D eigenvalue weighted by Crippen LogP contribution is 2.25. The Kier molecular flexibility index (Phi) is 3.93. The van der Waals surface area contributed by atoms with Crippen molar-refractivity contribution < 1.29 is 14.3 Å². The molecule has 1 aliphatic heterocycles. The van der Waals surface area contributed by atoms with Gasteiger partial charge in [-0.05, 0) is 23.1 Å². The van der Waals surface area contributed by atoms with E-state index in [1.165, 1.54) is 22.6 Å². The SMILES string of the molecule is CC(C)(C)c1cccc(OCCN2C(=O)C=CC2=O)c1. The second-order valence-electron chi connectivity index (χ2n) is 5.79. The van der Waals surface area contributed by atoms with Crippen molar-refractivity contribution in [1.29, 1.82) is 0 Å². The molecule has 0 saturated carbocycles. The van der Waals surface area contributed by atoms with Crippen molar-refractivity contribution in [2.45, 2.75) is 26.2 Å². The maximum absolute atomic E-state index is 11.4. The predicted molar refractivity (Wildman–Crippen MR) is 76.5 cm³/mol. The molecule has 106 valence electrons. The molecule has 0 aliphatic carbocycles. The van der Waals surface area contributed by atoms with Crippen molar-refractivity contribution in [3.8, 4) is 5.75 Å². The Morgan fingerprint density at radius 3 is 2.35 bits per heavy atom. The summed E-state index contributed by atoms with van der Waals surface area (Å²) in [7, 11) is 0. The van der Waals surface area contributed by atoms with Gasteiger partial charge in [0.2, 0.25) is 0 Å². The fourth-order valence-electron chi connectivity index (χ4n) is 1.96. The Balaban J connectivity index is 1.92. The zero-order chi connectivity index (χ0) is 14.8. The third kappa shape index (κ3) is 3.26. The fraction of sp³-hybridized carbons (Fsp3) is 0.375. The zero-order valence-corrected chi connectivity index (χ0v) is 12.1. The molecular formula is C16H19NO3. The summed E-state index contributed by atoms with van der Waals surface area (Å²) in [5.74, 6) is 0.202. The molecule has 1 aromatic rings. The smallest absolute Gasteiger partial charge is 0.253 e. The van der Waals surface area contributed by atoms with Crippen LogP contribution in [-0.4, -0.2) is 29.9 Å². The van der Waals surface area contributed by atoms with Crippen molar-refractivity contribution in [3.63, 3.8) is 0 Å². The summed E-state index contributed by atoms with van der Waals surface area (Å²) in [6.45, 7) is 6.98. The molecule has 2 rings (SSSR count). The second kappa shape index (κ2) is 5.49. The first-order valence-electron chi connectivity index (χ1n) is 6.65. The number of hydrogen-bond donors (Lipinski definition) is 0. The van der Waals surface area contributed by atoms with E-state index in [2.05, 4.69) is 26.8 Å². The number of hydrogen-bond acceptors (Lipinski definition) is 3. The second-order valence-corrected chi connectivity index (χ2v) is 5.79. The van der Waals surface area contributed by atoms with Crippen molar-refractivity contribution in [1.82, 2.24) is 4.90 Å². The third-order valence-electron chi connectivity index (χ3n) is 3.18. The Labute approximate surface area is 119 Å². The molecule has 1 aromatic carbocycles. The van der Waals surface area contributed by atoms with Gasteiger partial charge >= 0.3 is 0 Å². The van der Waals surface area contributed by atoms with E-state index >= 15 is 0 Å². The van der Waals surface area contributed by atoms with Gasteiger partial charge in [0.1, 0.15) is 12.4 Å². The highest BCUT2D eigenvalue weighted by atomic mass is 16.5. The summed E-state index contributed by atoms with van der Waals surface area (Å²) < 4.78 is 5.63. The Morgan fingerprint density at radius 1 is 1.10 bits per heavy atom. The Morgan fingerprint density at radius 2 is 1.75 bits per heavy atom. The number of rotatable bonds is 4. The van der Waals surface area contributed by atoms with Gasteiger partial charge in [0, 0.05) is 12.2 Å². The van der Waals surface area contributed by atoms with Gasteiger partial charge in [-0.3, -0.25) is 14.5 Å². The molecule has 0 saturated heterocycles. The first kappa shape index (κ1) is 14.3. The summed E-state index contributed by atoms with van der Waals surface area (Å²) in [5.41, 5.74) is 1.24. The van der Waals surface area contributed by atoms with E-state index in [0.717, 1.165) is 5.75 Å². The van der Waals surface area contributed by atoms with Gasteiger partial charge in [0.25, 0.3) is 11.8 Å². The number of ether oxygens (including phenoxy) is 1. The van der Waals surface area contributed by atoms with Crippen molar-refractivity contribution >= 4 is 11.8 Å². The van der Waals surface area contributed by atoms with Gasteiger partial charge in [-0.2, -0.15) is 0 Å². The molecule has 0 atom stereocenters. The van der Waals surface area contributed by atoms with E-state index < -0.39 is 0 Å². The Bertz CT molecular complexity index is 537. The van der Waals surface area contributed by atoms with E-state index in [0.29, 0.717) is 6.61 Å². The topological polar surface area (TPSA) is 46.6 Å². The average molecular weight is 273 g/mol. The molecule has 0 aromatic heterocycles. The van der Waals surface area contributed by atoms with Gasteiger partial charge < -0.3 is 4.74 Å². The molecule has 20 heavy (non-hydrogen) atoms. The van der Waals surface area contributed by atoms with Crippen LogP contribution in [0.4, 0.5) is 0 Å². The van der Waals surface area contributed by atoms with Gasteiger partial charge in [-0.25, -0.2) is 0 Å². The molecule has 0 radical (unpaired) electrons. The molecule has 0 bridgehead atoms. The van der Waals surface area contributed by atoms with Crippen LogP contribution in [0.5, 0.6) is 5.75 Å². The molecule has 4 heteroatoms. The largest absolute Gasteiger partial charge is 0.492 e. The lowest BCUT2D eigenvalue weighted by molar-refractivity contribution is -0.137. The summed E-state index contributed by atoms with van der Waals surface area (Å²) >= 11 is 0. The van der Waals surface area contributed by atoms with Gasteiger partial charge in [-0.15, -0.1) is 0 Å². The number of carbonyl (C=O) groups is 2. The van der Waals surface area contributed by atoms with Crippen LogP contribution >= 0.6 is 0 Å². The zero-order valence-electron chi connectivity index (χ0n) is 12.1. The number of imide groups is 1. The first-order valence-corrected chi connectivity index (χ1v) is 6.65. The molecule has 0 unspecified atom stereocenters. The fourth-order valence-corrected chi connectivity index (χ4v) is 1.96. The molecule has 1 aliphatic rings. The normalized spacial score (nSPS) is 15.1. The quantitative estimate of drug-likeness (QED) is 0.791. The minimum Gasteiger partial charge on any atom is -0.492 e. The summed E-state index contributed by atoms with van der Waals surface area (Å²) in [6.07, 6.45) is 2.56. The van der Waals surface area contributed by atoms with Crippen molar-refractivity contribution in [2.24, 2.45) is 0 Å². The molecule has 4 nitrogen and oxygen atoms in total. The highest BCUT2D eigenvalue weighted by molar-refractivity contribution is 6.12. The van der Waals surface area contributed by atoms with Crippen LogP contribution in [0, 0.1) is 0 Å². The molecule has 2 amide bonds. The molecule has 0 fully saturated rings. The van der Waals surface area contributed by atoms with Gasteiger partial charge in [0.05, 0.1) is 6.54 Å². The predicted octanol–water partition coefficient (Wildman–Crippen LogP) is 2.29. The lowest BCUT2D eigenvalue weighted by atomic mass is 9.87. The highest BCUT2D eigenvalue weighted by Gasteiger charge is 2.22. The van der Waals surface area contributed by atoms with Crippen molar-refractivity contribution in [2.75, 3.05) is 13.2 Å². The number of benzene rings is 1. The van der Waals surface area contributed by atoms with Gasteiger partial charge in [-0.1, -0.05) is 32.9 Å². The minimum atomic E-state index is -0.276. The van der Waals surface area contributed by atoms with Crippen LogP contribution < -0.4 is 4.74 Å². The van der Waals surface area contributed by atoms with Crippen LogP contribution in [0.25, 0.3) is 0 Å². The molecule has 0 N–H and O–H groups in total. The summed E-state index contributed by atoms with van der Waals surface area (Å²) in [5, 5.41) is 0. The lowest BCUT2D eigenvalue weighted by Gasteiger charge is -2.20. The maximum Gasteiger partial charge on any atom is 0.253 e. The molecule has 1 heterocycles. The lowest BCUT2D eigenvalue weighted by Crippen LogP contribution is -2.33. The average Bonchev–Trinajstić information content (AvgIpc) is 2.70. The molecule has 0 spiro atoms. The van der Waals surface area contributed by atoms with Crippen LogP contribution in [0.1, 0.15) is 26.3 Å². The van der Waals surface area contributed by atoms with Gasteiger partial charge in [0.15, 0.2) is 0 Å². The summed E-state index contributed by atoms with van der Waals surface area (Å²) in [6, 6.07) is 7.88. The summed E-state index contributed by atoms with van der Waals surface area (Å²) in [4.78, 5) is 23.9. The van der Waals surface area contributed by atoms with Crippen LogP contribution in [0.15, 0.2) is 36.4 Å². The maximum atomic E-state index is 11.4. The van der Waals surface area contributed by atoms with Crippen LogP contribution in [-0.2, 0) is 15.0 Å². The minimum absolute atomic E-state index is 0.0597. The number of nitrogens with zero attached hydrogens (tertiary/aromatic N) is 1.